The van der Waals surface area contributed by atoms with Gasteiger partial charge in [-0.15, -0.1) is 11.3 Å². The number of rotatable bonds is 5. The van der Waals surface area contributed by atoms with Crippen molar-refractivity contribution in [3.8, 4) is 0 Å². The molecule has 24 heavy (non-hydrogen) atoms. The van der Waals surface area contributed by atoms with E-state index in [1.807, 2.05) is 5.38 Å². The number of nitrogens with two attached hydrogens (primary N) is 1. The molecule has 1 aromatic carbocycles. The van der Waals surface area contributed by atoms with Crippen LogP contribution in [0.1, 0.15) is 28.0 Å². The first-order chi connectivity index (χ1) is 11.5. The number of hydrogen-bond donors (Lipinski definition) is 2. The van der Waals surface area contributed by atoms with Crippen LogP contribution in [0, 0.1) is 0 Å². The Morgan fingerprint density at radius 3 is 2.88 bits per heavy atom. The van der Waals surface area contributed by atoms with Crippen LogP contribution in [-0.4, -0.2) is 31.6 Å². The van der Waals surface area contributed by atoms with E-state index in [9.17, 15) is 13.2 Å². The summed E-state index contributed by atoms with van der Waals surface area (Å²) in [5.74, 6) is -0.105. The number of nitrogens with one attached hydrogen (secondary N) is 1. The number of anilines is 1. The lowest BCUT2D eigenvalue weighted by Crippen LogP contribution is -2.25. The van der Waals surface area contributed by atoms with E-state index in [2.05, 4.69) is 10.3 Å². The van der Waals surface area contributed by atoms with Crippen molar-refractivity contribution in [2.24, 2.45) is 0 Å². The third kappa shape index (κ3) is 3.65. The van der Waals surface area contributed by atoms with E-state index in [4.69, 9.17) is 5.73 Å². The number of nitrogen functional groups attached to an aromatic ring is 1. The van der Waals surface area contributed by atoms with Crippen LogP contribution in [0.15, 0.2) is 35.7 Å². The summed E-state index contributed by atoms with van der Waals surface area (Å²) in [6, 6.07) is 6.69. The second kappa shape index (κ2) is 6.74. The number of amides is 1. The Morgan fingerprint density at radius 1 is 1.38 bits per heavy atom. The molecule has 3 rings (SSSR count). The molecule has 1 aliphatic heterocycles. The summed E-state index contributed by atoms with van der Waals surface area (Å²) in [5.41, 5.74) is 7.41. The Hall–Kier alpha value is -2.19. The summed E-state index contributed by atoms with van der Waals surface area (Å²) in [6.07, 6.45) is 2.82. The number of hydrogen-bond acceptors (Lipinski definition) is 6. The number of thiazole rings is 1. The highest BCUT2D eigenvalue weighted by molar-refractivity contribution is 8.00. The van der Waals surface area contributed by atoms with E-state index in [1.165, 1.54) is 11.3 Å². The monoisotopic (exact) mass is 363 g/mol. The average Bonchev–Trinajstić information content (AvgIpc) is 3.12. The van der Waals surface area contributed by atoms with Crippen LogP contribution in [0.2, 0.25) is 0 Å². The van der Waals surface area contributed by atoms with E-state index < -0.39 is 9.84 Å². The highest BCUT2D eigenvalue weighted by Crippen LogP contribution is 2.28. The molecule has 0 unspecified atom stereocenters. The highest BCUT2D eigenvalue weighted by Gasteiger charge is 2.24. The number of carbonyl (C=O) groups excluding carboxylic acids is 1. The lowest BCUT2D eigenvalue weighted by Gasteiger charge is -2.07. The van der Waals surface area contributed by atoms with Crippen LogP contribution in [-0.2, 0) is 16.3 Å². The van der Waals surface area contributed by atoms with Gasteiger partial charge in [0.25, 0.3) is 5.91 Å². The van der Waals surface area contributed by atoms with Gasteiger partial charge in [-0.2, -0.15) is 0 Å². The van der Waals surface area contributed by atoms with Crippen LogP contribution in [0.5, 0.6) is 0 Å². The molecule has 0 fully saturated rings. The number of sulfone groups is 1. The van der Waals surface area contributed by atoms with Gasteiger partial charge in [-0.25, -0.2) is 13.4 Å². The van der Waals surface area contributed by atoms with Crippen molar-refractivity contribution in [1.82, 2.24) is 10.3 Å². The van der Waals surface area contributed by atoms with Gasteiger partial charge in [0.05, 0.1) is 16.4 Å². The van der Waals surface area contributed by atoms with E-state index in [-0.39, 0.29) is 11.7 Å². The van der Waals surface area contributed by atoms with Crippen molar-refractivity contribution < 1.29 is 13.2 Å². The van der Waals surface area contributed by atoms with Crippen molar-refractivity contribution >= 4 is 37.1 Å². The fourth-order valence-electron chi connectivity index (χ4n) is 2.54. The fraction of sp³-hybridized carbons (Fsp3) is 0.250. The van der Waals surface area contributed by atoms with Crippen molar-refractivity contribution in [3.63, 3.8) is 0 Å². The Bertz CT molecular complexity index is 901. The Kier molecular flexibility index (Phi) is 4.68. The predicted molar refractivity (Wildman–Crippen MR) is 95.4 cm³/mol. The molecule has 0 bridgehead atoms. The van der Waals surface area contributed by atoms with Crippen molar-refractivity contribution in [2.75, 3.05) is 18.0 Å². The second-order valence-electron chi connectivity index (χ2n) is 5.44. The Morgan fingerprint density at radius 2 is 2.21 bits per heavy atom. The van der Waals surface area contributed by atoms with E-state index in [0.29, 0.717) is 40.5 Å². The zero-order chi connectivity index (χ0) is 17.2. The van der Waals surface area contributed by atoms with E-state index in [0.717, 1.165) is 5.69 Å². The minimum absolute atomic E-state index is 0.134. The molecule has 8 heteroatoms. The molecule has 0 radical (unpaired) electrons. The maximum atomic E-state index is 12.2. The number of allylic oxidation sites excluding steroid dienone is 1. The molecular weight excluding hydrogens is 346 g/mol. The fourth-order valence-corrected chi connectivity index (χ4v) is 4.64. The molecular formula is C16H17N3O3S2. The first-order valence-corrected chi connectivity index (χ1v) is 10.0. The van der Waals surface area contributed by atoms with E-state index >= 15 is 0 Å². The van der Waals surface area contributed by atoms with Crippen LogP contribution in [0.4, 0.5) is 5.13 Å². The molecule has 126 valence electrons. The van der Waals surface area contributed by atoms with Gasteiger partial charge in [0, 0.05) is 23.9 Å². The van der Waals surface area contributed by atoms with Crippen molar-refractivity contribution in [1.29, 1.82) is 0 Å². The summed E-state index contributed by atoms with van der Waals surface area (Å²) >= 11 is 1.37. The number of benzene rings is 1. The van der Waals surface area contributed by atoms with Crippen LogP contribution >= 0.6 is 11.3 Å². The zero-order valence-corrected chi connectivity index (χ0v) is 14.5. The molecule has 0 atom stereocenters. The molecule has 0 saturated carbocycles. The van der Waals surface area contributed by atoms with Gasteiger partial charge >= 0.3 is 0 Å². The Balaban J connectivity index is 1.66. The van der Waals surface area contributed by atoms with Gasteiger partial charge in [0.15, 0.2) is 15.0 Å². The van der Waals surface area contributed by atoms with Gasteiger partial charge in [-0.05, 0) is 24.1 Å². The van der Waals surface area contributed by atoms with Gasteiger partial charge in [-0.1, -0.05) is 18.2 Å². The van der Waals surface area contributed by atoms with Crippen molar-refractivity contribution in [2.45, 2.75) is 12.8 Å². The molecule has 0 aliphatic carbocycles. The van der Waals surface area contributed by atoms with Gasteiger partial charge in [0.1, 0.15) is 0 Å². The molecule has 1 aliphatic rings. The normalized spacial score (nSPS) is 15.9. The van der Waals surface area contributed by atoms with Crippen LogP contribution in [0.25, 0.3) is 4.91 Å². The average molecular weight is 363 g/mol. The summed E-state index contributed by atoms with van der Waals surface area (Å²) in [6.45, 7) is 0.438. The molecule has 1 aromatic heterocycles. The summed E-state index contributed by atoms with van der Waals surface area (Å²) in [7, 11) is -3.22. The third-order valence-electron chi connectivity index (χ3n) is 3.70. The number of nitrogens with zero attached hydrogens (tertiary/aromatic N) is 1. The minimum Gasteiger partial charge on any atom is -0.375 e. The summed E-state index contributed by atoms with van der Waals surface area (Å²) < 4.78 is 24.0. The summed E-state index contributed by atoms with van der Waals surface area (Å²) in [5, 5.41) is 5.18. The molecule has 0 saturated heterocycles. The molecule has 6 nitrogen and oxygen atoms in total. The first kappa shape index (κ1) is 16.7. The molecule has 1 amide bonds. The number of aromatic nitrogens is 1. The quantitative estimate of drug-likeness (QED) is 0.844. The smallest absolute Gasteiger partial charge is 0.251 e. The maximum Gasteiger partial charge on any atom is 0.251 e. The van der Waals surface area contributed by atoms with E-state index in [1.54, 1.807) is 30.3 Å². The maximum absolute atomic E-state index is 12.2. The second-order valence-corrected chi connectivity index (χ2v) is 8.41. The van der Waals surface area contributed by atoms with Crippen LogP contribution < -0.4 is 11.1 Å². The highest BCUT2D eigenvalue weighted by atomic mass is 32.2. The van der Waals surface area contributed by atoms with Gasteiger partial charge < -0.3 is 11.1 Å². The summed E-state index contributed by atoms with van der Waals surface area (Å²) in [4.78, 5) is 16.7. The molecule has 2 heterocycles. The molecule has 3 N–H and O–H groups in total. The third-order valence-corrected chi connectivity index (χ3v) is 6.27. The minimum atomic E-state index is -3.22. The lowest BCUT2D eigenvalue weighted by molar-refractivity contribution is 0.0954. The van der Waals surface area contributed by atoms with Crippen LogP contribution in [0.3, 0.4) is 0 Å². The Labute approximate surface area is 144 Å². The first-order valence-electron chi connectivity index (χ1n) is 7.47. The largest absolute Gasteiger partial charge is 0.375 e. The van der Waals surface area contributed by atoms with Crippen molar-refractivity contribution in [3.05, 3.63) is 52.5 Å². The topological polar surface area (TPSA) is 102 Å². The lowest BCUT2D eigenvalue weighted by atomic mass is 10.1. The number of carbonyl (C=O) groups is 1. The molecule has 2 aromatic rings. The van der Waals surface area contributed by atoms with Gasteiger partial charge in [-0.3, -0.25) is 4.79 Å². The molecule has 0 spiro atoms. The SMILES string of the molecule is Nc1nc(CCNC(=O)c2cccc(C3=CCCS3(=O)=O)c2)cs1. The predicted octanol–water partition coefficient (Wildman–Crippen LogP) is 1.86. The van der Waals surface area contributed by atoms with Gasteiger partial charge in [0.2, 0.25) is 0 Å². The standard InChI is InChI=1S/C16H17N3O3S2/c17-16-19-13(10-23-16)6-7-18-15(20)12-4-1-3-11(9-12)14-5-2-8-24(14,21)22/h1,3-5,9-10H,2,6-8H2,(H2,17,19)(H,18,20). The zero-order valence-electron chi connectivity index (χ0n) is 12.9.